The SMILES string of the molecule is CN(CC(=O)Nc1ccccc1Cl)S(=O)(=O)c1cccc([N+](=O)[O-])c1. The number of nitro groups is 1. The number of nitro benzene ring substituents is 1. The quantitative estimate of drug-likeness (QED) is 0.608. The zero-order valence-electron chi connectivity index (χ0n) is 13.0. The molecule has 0 aliphatic carbocycles. The minimum absolute atomic E-state index is 0.269. The molecule has 1 N–H and O–H groups in total. The zero-order chi connectivity index (χ0) is 18.6. The highest BCUT2D eigenvalue weighted by Gasteiger charge is 2.24. The number of sulfonamides is 1. The molecular formula is C15H14ClN3O5S. The summed E-state index contributed by atoms with van der Waals surface area (Å²) in [4.78, 5) is 21.9. The fraction of sp³-hybridized carbons (Fsp3) is 0.133. The van der Waals surface area contributed by atoms with Gasteiger partial charge in [-0.25, -0.2) is 8.42 Å². The van der Waals surface area contributed by atoms with Crippen molar-refractivity contribution in [3.05, 3.63) is 63.7 Å². The van der Waals surface area contributed by atoms with Crippen molar-refractivity contribution >= 4 is 38.9 Å². The Balaban J connectivity index is 2.15. The topological polar surface area (TPSA) is 110 Å². The van der Waals surface area contributed by atoms with E-state index < -0.39 is 27.4 Å². The Kier molecular flexibility index (Phi) is 5.73. The van der Waals surface area contributed by atoms with Gasteiger partial charge in [0, 0.05) is 19.2 Å². The number of carbonyl (C=O) groups is 1. The molecule has 0 unspecified atom stereocenters. The van der Waals surface area contributed by atoms with Gasteiger partial charge in [-0.1, -0.05) is 29.8 Å². The lowest BCUT2D eigenvalue weighted by molar-refractivity contribution is -0.385. The fourth-order valence-electron chi connectivity index (χ4n) is 1.98. The van der Waals surface area contributed by atoms with Gasteiger partial charge < -0.3 is 5.32 Å². The normalized spacial score (nSPS) is 11.3. The van der Waals surface area contributed by atoms with Gasteiger partial charge in [-0.2, -0.15) is 4.31 Å². The molecule has 2 aromatic rings. The minimum Gasteiger partial charge on any atom is -0.324 e. The second kappa shape index (κ2) is 7.60. The smallest absolute Gasteiger partial charge is 0.270 e. The zero-order valence-corrected chi connectivity index (χ0v) is 14.6. The highest BCUT2D eigenvalue weighted by Crippen LogP contribution is 2.22. The molecule has 2 rings (SSSR count). The summed E-state index contributed by atoms with van der Waals surface area (Å²) in [5.74, 6) is -0.593. The molecule has 2 aromatic carbocycles. The number of para-hydroxylation sites is 1. The molecule has 0 saturated carbocycles. The van der Waals surface area contributed by atoms with E-state index in [9.17, 15) is 23.3 Å². The molecule has 0 saturated heterocycles. The number of nitrogens with zero attached hydrogens (tertiary/aromatic N) is 2. The first-order valence-corrected chi connectivity index (χ1v) is 8.79. The Morgan fingerprint density at radius 1 is 1.24 bits per heavy atom. The first kappa shape index (κ1) is 18.8. The second-order valence-corrected chi connectivity index (χ2v) is 7.50. The number of non-ortho nitro benzene ring substituents is 1. The Morgan fingerprint density at radius 2 is 1.92 bits per heavy atom. The molecule has 0 spiro atoms. The van der Waals surface area contributed by atoms with Crippen LogP contribution in [-0.2, 0) is 14.8 Å². The number of benzene rings is 2. The van der Waals surface area contributed by atoms with Crippen molar-refractivity contribution in [2.75, 3.05) is 18.9 Å². The van der Waals surface area contributed by atoms with Crippen LogP contribution in [0.4, 0.5) is 11.4 Å². The summed E-state index contributed by atoms with van der Waals surface area (Å²) in [7, 11) is -2.85. The molecule has 132 valence electrons. The van der Waals surface area contributed by atoms with Gasteiger partial charge in [0.15, 0.2) is 0 Å². The van der Waals surface area contributed by atoms with E-state index in [1.165, 1.54) is 25.2 Å². The van der Waals surface area contributed by atoms with E-state index >= 15 is 0 Å². The molecule has 0 radical (unpaired) electrons. The lowest BCUT2D eigenvalue weighted by atomic mass is 10.3. The van der Waals surface area contributed by atoms with Crippen LogP contribution < -0.4 is 5.32 Å². The lowest BCUT2D eigenvalue weighted by Gasteiger charge is -2.17. The number of nitrogens with one attached hydrogen (secondary N) is 1. The third-order valence-electron chi connectivity index (χ3n) is 3.25. The molecule has 0 fully saturated rings. The first-order chi connectivity index (χ1) is 11.7. The Bertz CT molecular complexity index is 917. The molecule has 10 heteroatoms. The van der Waals surface area contributed by atoms with Crippen molar-refractivity contribution in [1.29, 1.82) is 0 Å². The van der Waals surface area contributed by atoms with Crippen LogP contribution in [0.1, 0.15) is 0 Å². The monoisotopic (exact) mass is 383 g/mol. The van der Waals surface area contributed by atoms with Crippen LogP contribution in [0.5, 0.6) is 0 Å². The highest BCUT2D eigenvalue weighted by atomic mass is 35.5. The van der Waals surface area contributed by atoms with Crippen molar-refractivity contribution in [2.45, 2.75) is 4.90 Å². The Labute approximate surface area is 149 Å². The molecule has 1 amide bonds. The van der Waals surface area contributed by atoms with Gasteiger partial charge in [0.05, 0.1) is 27.1 Å². The summed E-state index contributed by atoms with van der Waals surface area (Å²) in [6.07, 6.45) is 0. The van der Waals surface area contributed by atoms with Gasteiger partial charge in [-0.3, -0.25) is 14.9 Å². The van der Waals surface area contributed by atoms with Crippen LogP contribution in [0, 0.1) is 10.1 Å². The van der Waals surface area contributed by atoms with E-state index in [0.717, 1.165) is 10.4 Å². The average molecular weight is 384 g/mol. The van der Waals surface area contributed by atoms with Crippen LogP contribution in [0.3, 0.4) is 0 Å². The van der Waals surface area contributed by atoms with Gasteiger partial charge >= 0.3 is 0 Å². The van der Waals surface area contributed by atoms with Crippen LogP contribution in [0.2, 0.25) is 5.02 Å². The molecule has 0 aliphatic rings. The third-order valence-corrected chi connectivity index (χ3v) is 5.38. The Morgan fingerprint density at radius 3 is 2.56 bits per heavy atom. The van der Waals surface area contributed by atoms with Crippen molar-refractivity contribution < 1.29 is 18.1 Å². The van der Waals surface area contributed by atoms with E-state index in [0.29, 0.717) is 10.7 Å². The number of hydrogen-bond donors (Lipinski definition) is 1. The van der Waals surface area contributed by atoms with Crippen LogP contribution in [0.15, 0.2) is 53.4 Å². The standard InChI is InChI=1S/C15H14ClN3O5S/c1-18(10-15(20)17-14-8-3-2-7-13(14)16)25(23,24)12-6-4-5-11(9-12)19(21)22/h2-9H,10H2,1H3,(H,17,20). The van der Waals surface area contributed by atoms with E-state index in [4.69, 9.17) is 11.6 Å². The molecule has 8 nitrogen and oxygen atoms in total. The van der Waals surface area contributed by atoms with Crippen molar-refractivity contribution in [3.63, 3.8) is 0 Å². The predicted octanol–water partition coefficient (Wildman–Crippen LogP) is 2.51. The number of likely N-dealkylation sites (N-methyl/N-ethyl adjacent to an activating group) is 1. The summed E-state index contributed by atoms with van der Waals surface area (Å²) < 4.78 is 25.7. The maximum absolute atomic E-state index is 12.5. The molecule has 0 bridgehead atoms. The molecular weight excluding hydrogens is 370 g/mol. The van der Waals surface area contributed by atoms with Crippen LogP contribution in [-0.4, -0.2) is 37.1 Å². The fourth-order valence-corrected chi connectivity index (χ4v) is 3.33. The van der Waals surface area contributed by atoms with E-state index in [1.807, 2.05) is 0 Å². The van der Waals surface area contributed by atoms with Crippen LogP contribution in [0.25, 0.3) is 0 Å². The highest BCUT2D eigenvalue weighted by molar-refractivity contribution is 7.89. The maximum Gasteiger partial charge on any atom is 0.270 e. The number of anilines is 1. The van der Waals surface area contributed by atoms with Crippen molar-refractivity contribution in [3.8, 4) is 0 Å². The summed E-state index contributed by atoms with van der Waals surface area (Å²) in [6.45, 7) is -0.476. The van der Waals surface area contributed by atoms with Gasteiger partial charge in [-0.05, 0) is 18.2 Å². The summed E-state index contributed by atoms with van der Waals surface area (Å²) in [6, 6.07) is 11.1. The summed E-state index contributed by atoms with van der Waals surface area (Å²) in [5, 5.41) is 13.6. The average Bonchev–Trinajstić information content (AvgIpc) is 2.57. The third kappa shape index (κ3) is 4.53. The van der Waals surface area contributed by atoms with E-state index in [-0.39, 0.29) is 10.6 Å². The van der Waals surface area contributed by atoms with Crippen molar-refractivity contribution in [1.82, 2.24) is 4.31 Å². The van der Waals surface area contributed by atoms with Crippen molar-refractivity contribution in [2.24, 2.45) is 0 Å². The van der Waals surface area contributed by atoms with E-state index in [2.05, 4.69) is 5.32 Å². The minimum atomic E-state index is -4.06. The first-order valence-electron chi connectivity index (χ1n) is 6.97. The number of halogens is 1. The van der Waals surface area contributed by atoms with Crippen LogP contribution >= 0.6 is 11.6 Å². The second-order valence-electron chi connectivity index (χ2n) is 5.04. The summed E-state index contributed by atoms with van der Waals surface area (Å²) >= 11 is 5.93. The molecule has 0 aromatic heterocycles. The summed E-state index contributed by atoms with van der Waals surface area (Å²) in [5.41, 5.74) is 0.00491. The predicted molar refractivity (Wildman–Crippen MR) is 93.0 cm³/mol. The van der Waals surface area contributed by atoms with Gasteiger partial charge in [0.2, 0.25) is 15.9 Å². The number of carbonyl (C=O) groups excluding carboxylic acids is 1. The molecule has 0 atom stereocenters. The number of hydrogen-bond acceptors (Lipinski definition) is 5. The maximum atomic E-state index is 12.5. The molecule has 0 heterocycles. The van der Waals surface area contributed by atoms with Gasteiger partial charge in [0.1, 0.15) is 0 Å². The Hall–Kier alpha value is -2.49. The molecule has 0 aliphatic heterocycles. The molecule has 25 heavy (non-hydrogen) atoms. The number of rotatable bonds is 6. The van der Waals surface area contributed by atoms with E-state index in [1.54, 1.807) is 24.3 Å². The number of amides is 1. The largest absolute Gasteiger partial charge is 0.324 e. The van der Waals surface area contributed by atoms with Gasteiger partial charge in [-0.15, -0.1) is 0 Å². The van der Waals surface area contributed by atoms with Gasteiger partial charge in [0.25, 0.3) is 5.69 Å². The lowest BCUT2D eigenvalue weighted by Crippen LogP contribution is -2.35.